The summed E-state index contributed by atoms with van der Waals surface area (Å²) in [7, 11) is 0. The van der Waals surface area contributed by atoms with Crippen LogP contribution in [0.15, 0.2) is 30.5 Å². The standard InChI is InChI=1S/C13H12ClNO/c14-7-2-1-4-10-5-3-6-12-13(10)11(9-16)8-15-12/h1,3-6,8-9,15H,2,7H2. The first-order valence-corrected chi connectivity index (χ1v) is 5.68. The van der Waals surface area contributed by atoms with Gasteiger partial charge in [-0.05, 0) is 18.1 Å². The Labute approximate surface area is 98.9 Å². The van der Waals surface area contributed by atoms with Crippen LogP contribution in [-0.4, -0.2) is 17.2 Å². The van der Waals surface area contributed by atoms with Gasteiger partial charge in [0.05, 0.1) is 0 Å². The van der Waals surface area contributed by atoms with Crippen LogP contribution in [0.4, 0.5) is 0 Å². The largest absolute Gasteiger partial charge is 0.360 e. The molecule has 0 aliphatic carbocycles. The van der Waals surface area contributed by atoms with Gasteiger partial charge in [-0.15, -0.1) is 11.6 Å². The minimum Gasteiger partial charge on any atom is -0.360 e. The van der Waals surface area contributed by atoms with Gasteiger partial charge in [0, 0.05) is 28.5 Å². The molecule has 1 aromatic carbocycles. The third-order valence-corrected chi connectivity index (χ3v) is 2.69. The summed E-state index contributed by atoms with van der Waals surface area (Å²) >= 11 is 5.61. The number of carbonyl (C=O) groups is 1. The molecule has 2 nitrogen and oxygen atoms in total. The summed E-state index contributed by atoms with van der Waals surface area (Å²) in [6.07, 6.45) is 7.46. The third kappa shape index (κ3) is 2.02. The van der Waals surface area contributed by atoms with Gasteiger partial charge in [-0.2, -0.15) is 0 Å². The van der Waals surface area contributed by atoms with E-state index in [0.29, 0.717) is 11.4 Å². The smallest absolute Gasteiger partial charge is 0.152 e. The summed E-state index contributed by atoms with van der Waals surface area (Å²) in [5.74, 6) is 0.611. The van der Waals surface area contributed by atoms with Gasteiger partial charge in [0.15, 0.2) is 6.29 Å². The summed E-state index contributed by atoms with van der Waals surface area (Å²) in [6, 6.07) is 5.92. The third-order valence-electron chi connectivity index (χ3n) is 2.47. The minimum absolute atomic E-state index is 0.611. The molecule has 3 heteroatoms. The molecule has 0 radical (unpaired) electrons. The van der Waals surface area contributed by atoms with E-state index in [9.17, 15) is 4.79 Å². The van der Waals surface area contributed by atoms with Crippen molar-refractivity contribution in [3.05, 3.63) is 41.6 Å². The number of benzene rings is 1. The molecular formula is C13H12ClNO. The van der Waals surface area contributed by atoms with Crippen molar-refractivity contribution in [3.8, 4) is 0 Å². The molecule has 0 fully saturated rings. The van der Waals surface area contributed by atoms with Crippen molar-refractivity contribution in [1.82, 2.24) is 4.98 Å². The average Bonchev–Trinajstić information content (AvgIpc) is 2.73. The quantitative estimate of drug-likeness (QED) is 0.635. The van der Waals surface area contributed by atoms with Crippen LogP contribution < -0.4 is 0 Å². The molecule has 0 spiro atoms. The lowest BCUT2D eigenvalue weighted by Gasteiger charge is -1.97. The number of nitrogens with one attached hydrogen (secondary N) is 1. The number of alkyl halides is 1. The number of fused-ring (bicyclic) bond motifs is 1. The van der Waals surface area contributed by atoms with E-state index in [-0.39, 0.29) is 0 Å². The Morgan fingerprint density at radius 1 is 1.31 bits per heavy atom. The average molecular weight is 234 g/mol. The second-order valence-electron chi connectivity index (χ2n) is 3.51. The summed E-state index contributed by atoms with van der Waals surface area (Å²) in [5.41, 5.74) is 2.72. The lowest BCUT2D eigenvalue weighted by molar-refractivity contribution is 0.112. The number of carbonyl (C=O) groups excluding carboxylic acids is 1. The molecule has 16 heavy (non-hydrogen) atoms. The molecule has 2 aromatic rings. The lowest BCUT2D eigenvalue weighted by Crippen LogP contribution is -1.80. The molecule has 0 unspecified atom stereocenters. The molecule has 1 N–H and O–H groups in total. The van der Waals surface area contributed by atoms with Crippen molar-refractivity contribution >= 4 is 34.9 Å². The molecular weight excluding hydrogens is 222 g/mol. The number of allylic oxidation sites excluding steroid dienone is 1. The highest BCUT2D eigenvalue weighted by molar-refractivity contribution is 6.18. The van der Waals surface area contributed by atoms with E-state index in [4.69, 9.17) is 11.6 Å². The van der Waals surface area contributed by atoms with Crippen LogP contribution in [0.25, 0.3) is 17.0 Å². The van der Waals surface area contributed by atoms with Gasteiger partial charge in [0.1, 0.15) is 0 Å². The first-order chi connectivity index (χ1) is 7.86. The van der Waals surface area contributed by atoms with Crippen LogP contribution in [0.3, 0.4) is 0 Å². The number of hydrogen-bond acceptors (Lipinski definition) is 1. The Balaban J connectivity index is 2.51. The zero-order chi connectivity index (χ0) is 11.4. The molecule has 82 valence electrons. The van der Waals surface area contributed by atoms with Crippen molar-refractivity contribution in [2.24, 2.45) is 0 Å². The van der Waals surface area contributed by atoms with Crippen LogP contribution in [0.1, 0.15) is 22.3 Å². The maximum Gasteiger partial charge on any atom is 0.152 e. The zero-order valence-electron chi connectivity index (χ0n) is 8.74. The fourth-order valence-corrected chi connectivity index (χ4v) is 1.87. The minimum atomic E-state index is 0.611. The Morgan fingerprint density at radius 3 is 2.94 bits per heavy atom. The maximum atomic E-state index is 10.9. The Kier molecular flexibility index (Phi) is 3.42. The van der Waals surface area contributed by atoms with Gasteiger partial charge >= 0.3 is 0 Å². The van der Waals surface area contributed by atoms with E-state index in [2.05, 4.69) is 4.98 Å². The topological polar surface area (TPSA) is 32.9 Å². The normalized spacial score (nSPS) is 11.3. The molecule has 2 rings (SSSR count). The first-order valence-electron chi connectivity index (χ1n) is 5.14. The maximum absolute atomic E-state index is 10.9. The van der Waals surface area contributed by atoms with Crippen LogP contribution in [0.5, 0.6) is 0 Å². The van der Waals surface area contributed by atoms with Gasteiger partial charge < -0.3 is 4.98 Å². The number of H-pyrrole nitrogens is 1. The SMILES string of the molecule is O=Cc1c[nH]c2cccc(C=CCCCl)c12. The second-order valence-corrected chi connectivity index (χ2v) is 3.89. The fourth-order valence-electron chi connectivity index (χ4n) is 1.75. The number of aromatic nitrogens is 1. The van der Waals surface area contributed by atoms with E-state index in [1.165, 1.54) is 0 Å². The molecule has 0 aliphatic rings. The predicted octanol–water partition coefficient (Wildman–Crippen LogP) is 3.62. The van der Waals surface area contributed by atoms with Crippen LogP contribution in [-0.2, 0) is 0 Å². The van der Waals surface area contributed by atoms with Crippen LogP contribution in [0.2, 0.25) is 0 Å². The summed E-state index contributed by atoms with van der Waals surface area (Å²) in [6.45, 7) is 0. The van der Waals surface area contributed by atoms with E-state index < -0.39 is 0 Å². The van der Waals surface area contributed by atoms with E-state index in [0.717, 1.165) is 29.2 Å². The fraction of sp³-hybridized carbons (Fsp3) is 0.154. The summed E-state index contributed by atoms with van der Waals surface area (Å²) in [5, 5.41) is 0.975. The van der Waals surface area contributed by atoms with Crippen molar-refractivity contribution in [1.29, 1.82) is 0 Å². The van der Waals surface area contributed by atoms with Crippen molar-refractivity contribution in [3.63, 3.8) is 0 Å². The Morgan fingerprint density at radius 2 is 2.19 bits per heavy atom. The monoisotopic (exact) mass is 233 g/mol. The van der Waals surface area contributed by atoms with Gasteiger partial charge in [-0.25, -0.2) is 0 Å². The summed E-state index contributed by atoms with van der Waals surface area (Å²) < 4.78 is 0. The van der Waals surface area contributed by atoms with Crippen LogP contribution in [0, 0.1) is 0 Å². The van der Waals surface area contributed by atoms with Gasteiger partial charge in [0.2, 0.25) is 0 Å². The predicted molar refractivity (Wildman–Crippen MR) is 68.1 cm³/mol. The number of rotatable bonds is 4. The van der Waals surface area contributed by atoms with Crippen molar-refractivity contribution < 1.29 is 4.79 Å². The van der Waals surface area contributed by atoms with Gasteiger partial charge in [-0.1, -0.05) is 24.3 Å². The lowest BCUT2D eigenvalue weighted by atomic mass is 10.1. The van der Waals surface area contributed by atoms with E-state index in [1.54, 1.807) is 6.20 Å². The molecule has 0 saturated heterocycles. The van der Waals surface area contributed by atoms with Gasteiger partial charge in [-0.3, -0.25) is 4.79 Å². The molecule has 0 saturated carbocycles. The highest BCUT2D eigenvalue weighted by atomic mass is 35.5. The Bertz CT molecular complexity index is 528. The first kappa shape index (κ1) is 11.0. The zero-order valence-corrected chi connectivity index (χ0v) is 9.50. The van der Waals surface area contributed by atoms with E-state index in [1.807, 2.05) is 30.4 Å². The number of aromatic amines is 1. The molecule has 1 heterocycles. The van der Waals surface area contributed by atoms with Gasteiger partial charge in [0.25, 0.3) is 0 Å². The number of aldehydes is 1. The molecule has 0 amide bonds. The molecule has 0 bridgehead atoms. The number of halogens is 1. The highest BCUT2D eigenvalue weighted by Gasteiger charge is 2.05. The Hall–Kier alpha value is -1.54. The molecule has 0 aliphatic heterocycles. The highest BCUT2D eigenvalue weighted by Crippen LogP contribution is 2.22. The van der Waals surface area contributed by atoms with Crippen molar-refractivity contribution in [2.45, 2.75) is 6.42 Å². The van der Waals surface area contributed by atoms with E-state index >= 15 is 0 Å². The second kappa shape index (κ2) is 4.99. The number of hydrogen-bond donors (Lipinski definition) is 1. The summed E-state index contributed by atoms with van der Waals surface area (Å²) in [4.78, 5) is 14.0. The van der Waals surface area contributed by atoms with Crippen LogP contribution >= 0.6 is 11.6 Å². The van der Waals surface area contributed by atoms with Crippen molar-refractivity contribution in [2.75, 3.05) is 5.88 Å². The molecule has 0 atom stereocenters. The molecule has 1 aromatic heterocycles.